The molecule has 5 aliphatic rings. The number of rotatable bonds is 6. The maximum absolute atomic E-state index is 13.6. The lowest BCUT2D eigenvalue weighted by Gasteiger charge is -2.60. The molecule has 1 spiro atoms. The number of phenols is 1. The molecule has 6 nitrogen and oxygen atoms in total. The Balaban J connectivity index is 1.25. The number of hydrogen-bond donors (Lipinski definition) is 1. The molecule has 7 rings (SSSR count). The monoisotopic (exact) mass is 556 g/mol. The van der Waals surface area contributed by atoms with Gasteiger partial charge in [0.2, 0.25) is 5.91 Å². The van der Waals surface area contributed by atoms with Gasteiger partial charge in [-0.15, -0.1) is 0 Å². The van der Waals surface area contributed by atoms with Crippen molar-refractivity contribution in [1.29, 1.82) is 0 Å². The molecule has 3 fully saturated rings. The number of phenolic OH excluding ortho intramolecular Hbond substituents is 1. The quantitative estimate of drug-likeness (QED) is 0.528. The number of carbonyl (C=O) groups is 1. The van der Waals surface area contributed by atoms with E-state index in [1.807, 2.05) is 18.0 Å². The summed E-state index contributed by atoms with van der Waals surface area (Å²) >= 11 is 12.3. The second-order valence-electron chi connectivity index (χ2n) is 12.0. The number of methoxy groups -OCH3 is 1. The van der Waals surface area contributed by atoms with Crippen molar-refractivity contribution in [2.24, 2.45) is 11.8 Å². The highest BCUT2D eigenvalue weighted by Crippen LogP contribution is 2.65. The number of amides is 1. The minimum absolute atomic E-state index is 0.0383. The second kappa shape index (κ2) is 8.94. The number of aromatic hydroxyl groups is 1. The van der Waals surface area contributed by atoms with Gasteiger partial charge in [0.15, 0.2) is 11.5 Å². The molecule has 3 aliphatic carbocycles. The molecule has 2 aromatic carbocycles. The van der Waals surface area contributed by atoms with Crippen molar-refractivity contribution in [2.45, 2.75) is 68.5 Å². The van der Waals surface area contributed by atoms with Crippen molar-refractivity contribution in [3.63, 3.8) is 0 Å². The van der Waals surface area contributed by atoms with E-state index in [0.29, 0.717) is 33.5 Å². The first-order chi connectivity index (χ1) is 18.3. The Morgan fingerprint density at radius 1 is 1.21 bits per heavy atom. The third-order valence-corrected chi connectivity index (χ3v) is 10.9. The van der Waals surface area contributed by atoms with Crippen molar-refractivity contribution in [3.05, 3.63) is 51.0 Å². The van der Waals surface area contributed by atoms with Crippen molar-refractivity contribution in [2.75, 3.05) is 27.2 Å². The van der Waals surface area contributed by atoms with Gasteiger partial charge in [0.25, 0.3) is 0 Å². The van der Waals surface area contributed by atoms with Crippen LogP contribution in [0, 0.1) is 11.8 Å². The smallest absolute Gasteiger partial charge is 0.227 e. The van der Waals surface area contributed by atoms with Crippen LogP contribution in [0.5, 0.6) is 17.2 Å². The van der Waals surface area contributed by atoms with Crippen molar-refractivity contribution < 1.29 is 19.4 Å². The molecule has 1 N–H and O–H groups in total. The summed E-state index contributed by atoms with van der Waals surface area (Å²) in [5.74, 6) is 2.98. The summed E-state index contributed by atoms with van der Waals surface area (Å²) in [5.41, 5.74) is 2.80. The van der Waals surface area contributed by atoms with Crippen LogP contribution < -0.4 is 9.47 Å². The third-order valence-electron chi connectivity index (χ3n) is 10.1. The third kappa shape index (κ3) is 3.59. The largest absolute Gasteiger partial charge is 0.508 e. The van der Waals surface area contributed by atoms with Gasteiger partial charge < -0.3 is 19.5 Å². The average molecular weight is 558 g/mol. The Morgan fingerprint density at radius 3 is 2.76 bits per heavy atom. The van der Waals surface area contributed by atoms with E-state index in [9.17, 15) is 9.90 Å². The first kappa shape index (κ1) is 24.9. The number of likely N-dealkylation sites (N-methyl/N-ethyl adjacent to an activating group) is 1. The Hall–Kier alpha value is -2.15. The van der Waals surface area contributed by atoms with E-state index >= 15 is 0 Å². The standard InChI is InChI=1S/C30H34Cl2N2O4/c1-33(26(36)12-17-5-7-20(31)21(32)11-17)22-8-6-19-23-13-18-24(35)14-25(37-2)28-27(18)30(19,29(22)38-28)9-10-34(23)15-16-3-4-16/h5,7,11,14,16,19,22-23,29,35H,3-4,6,8-10,12-13,15H2,1-2H3/t19-,22-,23+,29-,30-/m0/s1. The molecular formula is C30H34Cl2N2O4. The zero-order valence-corrected chi connectivity index (χ0v) is 23.4. The van der Waals surface area contributed by atoms with Gasteiger partial charge in [-0.1, -0.05) is 29.3 Å². The minimum atomic E-state index is -0.222. The summed E-state index contributed by atoms with van der Waals surface area (Å²) < 4.78 is 12.6. The molecule has 0 radical (unpaired) electrons. The fourth-order valence-electron chi connectivity index (χ4n) is 8.19. The average Bonchev–Trinajstić information content (AvgIpc) is 3.66. The SMILES string of the molecule is COc1cc(O)c2c3c1O[C@H]1[C@@H](N(C)C(=O)Cc4ccc(Cl)c(Cl)c4)CC[C@H]4[C@@H](C2)N(CC2CC2)CC[C@@]341. The summed E-state index contributed by atoms with van der Waals surface area (Å²) in [5, 5.41) is 12.1. The fourth-order valence-corrected chi connectivity index (χ4v) is 8.51. The Labute approximate surface area is 233 Å². The van der Waals surface area contributed by atoms with Gasteiger partial charge in [-0.25, -0.2) is 0 Å². The van der Waals surface area contributed by atoms with Gasteiger partial charge in [0.1, 0.15) is 11.9 Å². The molecule has 8 heteroatoms. The van der Waals surface area contributed by atoms with Crippen LogP contribution in [0.25, 0.3) is 0 Å². The Bertz CT molecular complexity index is 1310. The predicted octanol–water partition coefficient (Wildman–Crippen LogP) is 5.23. The molecule has 2 bridgehead atoms. The molecule has 0 unspecified atom stereocenters. The van der Waals surface area contributed by atoms with Crippen LogP contribution in [-0.2, 0) is 23.1 Å². The number of ether oxygens (including phenoxy) is 2. The van der Waals surface area contributed by atoms with Crippen LogP contribution >= 0.6 is 23.2 Å². The number of benzene rings is 2. The number of hydrogen-bond acceptors (Lipinski definition) is 5. The van der Waals surface area contributed by atoms with Crippen LogP contribution in [0.3, 0.4) is 0 Å². The highest BCUT2D eigenvalue weighted by atomic mass is 35.5. The van der Waals surface area contributed by atoms with Gasteiger partial charge in [0.05, 0.1) is 29.6 Å². The van der Waals surface area contributed by atoms with E-state index in [2.05, 4.69) is 4.90 Å². The fraction of sp³-hybridized carbons (Fsp3) is 0.567. The minimum Gasteiger partial charge on any atom is -0.508 e. The van der Waals surface area contributed by atoms with Gasteiger partial charge >= 0.3 is 0 Å². The molecule has 2 aliphatic heterocycles. The van der Waals surface area contributed by atoms with Crippen LogP contribution in [0.1, 0.15) is 48.8 Å². The predicted molar refractivity (Wildman–Crippen MR) is 147 cm³/mol. The Morgan fingerprint density at radius 2 is 2.03 bits per heavy atom. The molecule has 38 heavy (non-hydrogen) atoms. The van der Waals surface area contributed by atoms with Crippen molar-refractivity contribution in [3.8, 4) is 17.2 Å². The van der Waals surface area contributed by atoms with Crippen LogP contribution in [0.4, 0.5) is 0 Å². The Kier molecular flexibility index (Phi) is 5.85. The summed E-state index contributed by atoms with van der Waals surface area (Å²) in [4.78, 5) is 18.2. The summed E-state index contributed by atoms with van der Waals surface area (Å²) in [6.45, 7) is 2.19. The van der Waals surface area contributed by atoms with E-state index in [4.69, 9.17) is 32.7 Å². The van der Waals surface area contributed by atoms with Crippen molar-refractivity contribution in [1.82, 2.24) is 9.80 Å². The highest BCUT2D eigenvalue weighted by Gasteiger charge is 2.67. The van der Waals surface area contributed by atoms with Crippen molar-refractivity contribution >= 4 is 29.1 Å². The molecule has 1 amide bonds. The molecule has 5 atom stereocenters. The van der Waals surface area contributed by atoms with E-state index in [1.165, 1.54) is 12.8 Å². The lowest BCUT2D eigenvalue weighted by molar-refractivity contribution is -0.139. The van der Waals surface area contributed by atoms with Gasteiger partial charge in [-0.3, -0.25) is 9.69 Å². The number of likely N-dealkylation sites (tertiary alicyclic amines) is 1. The molecule has 2 saturated carbocycles. The van der Waals surface area contributed by atoms with E-state index in [0.717, 1.165) is 67.1 Å². The first-order valence-corrected chi connectivity index (χ1v) is 14.6. The summed E-state index contributed by atoms with van der Waals surface area (Å²) in [7, 11) is 3.54. The summed E-state index contributed by atoms with van der Waals surface area (Å²) in [6, 6.07) is 7.42. The number of nitrogens with zero attached hydrogens (tertiary/aromatic N) is 2. The van der Waals surface area contributed by atoms with Gasteiger partial charge in [0, 0.05) is 42.2 Å². The van der Waals surface area contributed by atoms with Crippen LogP contribution in [0.2, 0.25) is 10.0 Å². The zero-order chi connectivity index (χ0) is 26.3. The van der Waals surface area contributed by atoms with E-state index < -0.39 is 0 Å². The normalized spacial score (nSPS) is 30.9. The lowest BCUT2D eigenvalue weighted by atomic mass is 9.50. The lowest BCUT2D eigenvalue weighted by Crippen LogP contribution is -2.69. The van der Waals surface area contributed by atoms with Crippen LogP contribution in [-0.4, -0.2) is 66.2 Å². The molecule has 0 aromatic heterocycles. The topological polar surface area (TPSA) is 62.2 Å². The maximum atomic E-state index is 13.6. The van der Waals surface area contributed by atoms with Gasteiger partial charge in [-0.05, 0) is 74.6 Å². The zero-order valence-electron chi connectivity index (χ0n) is 21.9. The molecule has 2 heterocycles. The van der Waals surface area contributed by atoms with Crippen LogP contribution in [0.15, 0.2) is 24.3 Å². The number of carbonyl (C=O) groups excluding carboxylic acids is 1. The molecule has 202 valence electrons. The molecule has 1 saturated heterocycles. The van der Waals surface area contributed by atoms with E-state index in [-0.39, 0.29) is 29.9 Å². The summed E-state index contributed by atoms with van der Waals surface area (Å²) in [6.07, 6.45) is 6.52. The molecular weight excluding hydrogens is 523 g/mol. The number of piperidine rings is 1. The number of halogens is 2. The van der Waals surface area contributed by atoms with E-state index in [1.54, 1.807) is 25.3 Å². The first-order valence-electron chi connectivity index (χ1n) is 13.9. The highest BCUT2D eigenvalue weighted by molar-refractivity contribution is 6.42. The molecule has 2 aromatic rings. The second-order valence-corrected chi connectivity index (χ2v) is 12.8. The van der Waals surface area contributed by atoms with Gasteiger partial charge in [-0.2, -0.15) is 0 Å². The maximum Gasteiger partial charge on any atom is 0.227 e.